The molecule has 0 N–H and O–H groups in total. The van der Waals surface area contributed by atoms with Crippen molar-refractivity contribution in [1.29, 1.82) is 0 Å². The Morgan fingerprint density at radius 1 is 1.27 bits per heavy atom. The molecule has 0 bridgehead atoms. The van der Waals surface area contributed by atoms with E-state index < -0.39 is 0 Å². The molecule has 0 amide bonds. The van der Waals surface area contributed by atoms with Gasteiger partial charge in [-0.25, -0.2) is 0 Å². The van der Waals surface area contributed by atoms with Crippen LogP contribution in [0.3, 0.4) is 0 Å². The molecular weight excluding hydrogens is 200 g/mol. The van der Waals surface area contributed by atoms with Gasteiger partial charge in [-0.2, -0.15) is 0 Å². The minimum absolute atomic E-state index is 0.511. The lowest BCUT2D eigenvalue weighted by atomic mass is 9.99. The molecule has 0 aliphatic heterocycles. The summed E-state index contributed by atoms with van der Waals surface area (Å²) in [4.78, 5) is 1.29. The van der Waals surface area contributed by atoms with Crippen molar-refractivity contribution in [2.24, 2.45) is 5.92 Å². The third-order valence-electron chi connectivity index (χ3n) is 2.11. The van der Waals surface area contributed by atoms with E-state index in [9.17, 15) is 0 Å². The van der Waals surface area contributed by atoms with Crippen molar-refractivity contribution in [3.63, 3.8) is 0 Å². The van der Waals surface area contributed by atoms with Crippen LogP contribution in [0.15, 0.2) is 24.6 Å². The average Bonchev–Trinajstić information content (AvgIpc) is 2.68. The zero-order chi connectivity index (χ0) is 12.0. The molecule has 0 unspecified atom stereocenters. The van der Waals surface area contributed by atoms with E-state index in [1.165, 1.54) is 16.0 Å². The highest BCUT2D eigenvalue weighted by molar-refractivity contribution is 7.11. The highest BCUT2D eigenvalue weighted by Crippen LogP contribution is 2.32. The van der Waals surface area contributed by atoms with Gasteiger partial charge in [-0.1, -0.05) is 40.9 Å². The molecule has 1 aromatic heterocycles. The Balaban J connectivity index is 0.000000921. The van der Waals surface area contributed by atoms with Crippen molar-refractivity contribution >= 4 is 22.5 Å². The van der Waals surface area contributed by atoms with Crippen molar-refractivity contribution in [2.75, 3.05) is 0 Å². The van der Waals surface area contributed by atoms with Crippen LogP contribution in [0.4, 0.5) is 0 Å². The normalized spacial score (nSPS) is 9.47. The molecule has 0 spiro atoms. The molecule has 1 rings (SSSR count). The first-order chi connectivity index (χ1) is 7.04. The molecule has 1 heteroatoms. The summed E-state index contributed by atoms with van der Waals surface area (Å²) in [6, 6.07) is 2.12. The van der Waals surface area contributed by atoms with Crippen LogP contribution in [0.5, 0.6) is 0 Å². The van der Waals surface area contributed by atoms with Crippen LogP contribution in [0, 0.1) is 5.92 Å². The Bertz CT molecular complexity index is 329. The van der Waals surface area contributed by atoms with E-state index in [0.717, 1.165) is 5.57 Å². The standard InChI is InChI=1S/C12H16S.C2H6/c1-8(2)10(5)12-11(9(3)4)6-7-13-12;1-2/h6-8H,3,5H2,1-2,4H3;1-2H3. The molecular formula is C14H22S. The fourth-order valence-electron chi connectivity index (χ4n) is 1.16. The van der Waals surface area contributed by atoms with Crippen LogP contribution >= 0.6 is 11.3 Å². The fourth-order valence-corrected chi connectivity index (χ4v) is 2.25. The molecule has 84 valence electrons. The second-order valence-corrected chi connectivity index (χ2v) is 4.54. The number of allylic oxidation sites excluding steroid dienone is 2. The van der Waals surface area contributed by atoms with Gasteiger partial charge in [0.25, 0.3) is 0 Å². The molecule has 0 atom stereocenters. The van der Waals surface area contributed by atoms with Crippen molar-refractivity contribution in [3.8, 4) is 0 Å². The summed E-state index contributed by atoms with van der Waals surface area (Å²) in [5.41, 5.74) is 3.59. The zero-order valence-electron chi connectivity index (χ0n) is 10.6. The molecule has 0 aliphatic rings. The van der Waals surface area contributed by atoms with Gasteiger partial charge in [0, 0.05) is 4.88 Å². The first-order valence-corrected chi connectivity index (χ1v) is 6.34. The maximum atomic E-state index is 4.11. The average molecular weight is 222 g/mol. The molecule has 0 saturated carbocycles. The van der Waals surface area contributed by atoms with Crippen molar-refractivity contribution in [3.05, 3.63) is 35.0 Å². The number of hydrogen-bond donors (Lipinski definition) is 0. The lowest BCUT2D eigenvalue weighted by Crippen LogP contribution is -1.91. The summed E-state index contributed by atoms with van der Waals surface area (Å²) in [6.07, 6.45) is 0. The fraction of sp³-hybridized carbons (Fsp3) is 0.429. The van der Waals surface area contributed by atoms with E-state index in [1.54, 1.807) is 11.3 Å². The highest BCUT2D eigenvalue weighted by Gasteiger charge is 2.10. The molecule has 0 nitrogen and oxygen atoms in total. The van der Waals surface area contributed by atoms with Crippen molar-refractivity contribution in [2.45, 2.75) is 34.6 Å². The molecule has 0 radical (unpaired) electrons. The van der Waals surface area contributed by atoms with Gasteiger partial charge in [0.15, 0.2) is 0 Å². The Morgan fingerprint density at radius 3 is 2.20 bits per heavy atom. The lowest BCUT2D eigenvalue weighted by molar-refractivity contribution is 0.860. The van der Waals surface area contributed by atoms with Crippen LogP contribution in [0.25, 0.3) is 11.1 Å². The lowest BCUT2D eigenvalue weighted by Gasteiger charge is -2.09. The number of hydrogen-bond acceptors (Lipinski definition) is 1. The quantitative estimate of drug-likeness (QED) is 0.635. The van der Waals surface area contributed by atoms with Crippen LogP contribution < -0.4 is 0 Å². The van der Waals surface area contributed by atoms with Crippen molar-refractivity contribution in [1.82, 2.24) is 0 Å². The molecule has 0 fully saturated rings. The smallest absolute Gasteiger partial charge is 0.0373 e. The highest BCUT2D eigenvalue weighted by atomic mass is 32.1. The Kier molecular flexibility index (Phi) is 6.26. The topological polar surface area (TPSA) is 0 Å². The molecule has 15 heavy (non-hydrogen) atoms. The monoisotopic (exact) mass is 222 g/mol. The maximum absolute atomic E-state index is 4.11. The molecule has 1 heterocycles. The van der Waals surface area contributed by atoms with E-state index in [-0.39, 0.29) is 0 Å². The van der Waals surface area contributed by atoms with Gasteiger partial charge in [0.2, 0.25) is 0 Å². The van der Waals surface area contributed by atoms with Gasteiger partial charge >= 0.3 is 0 Å². The van der Waals surface area contributed by atoms with Gasteiger partial charge in [0.1, 0.15) is 0 Å². The second kappa shape index (κ2) is 6.62. The Labute approximate surface area is 98.3 Å². The van der Waals surface area contributed by atoms with Crippen LogP contribution in [0.2, 0.25) is 0 Å². The van der Waals surface area contributed by atoms with Crippen LogP contribution in [-0.4, -0.2) is 0 Å². The maximum Gasteiger partial charge on any atom is 0.0373 e. The van der Waals surface area contributed by atoms with E-state index >= 15 is 0 Å². The first kappa shape index (κ1) is 14.2. The molecule has 0 aromatic carbocycles. The molecule has 0 saturated heterocycles. The third kappa shape index (κ3) is 3.67. The van der Waals surface area contributed by atoms with Crippen molar-refractivity contribution < 1.29 is 0 Å². The Morgan fingerprint density at radius 2 is 1.80 bits per heavy atom. The number of rotatable bonds is 3. The second-order valence-electron chi connectivity index (χ2n) is 3.62. The summed E-state index contributed by atoms with van der Waals surface area (Å²) < 4.78 is 0. The van der Waals surface area contributed by atoms with Gasteiger partial charge in [-0.15, -0.1) is 11.3 Å². The van der Waals surface area contributed by atoms with Crippen LogP contribution in [-0.2, 0) is 0 Å². The summed E-state index contributed by atoms with van der Waals surface area (Å²) >= 11 is 1.75. The molecule has 0 aliphatic carbocycles. The first-order valence-electron chi connectivity index (χ1n) is 5.46. The summed E-state index contributed by atoms with van der Waals surface area (Å²) in [5.74, 6) is 0.511. The minimum atomic E-state index is 0.511. The SMILES string of the molecule is C=C(C)c1ccsc1C(=C)C(C)C.CC. The predicted molar refractivity (Wildman–Crippen MR) is 74.2 cm³/mol. The summed E-state index contributed by atoms with van der Waals surface area (Å²) in [6.45, 7) is 18.5. The predicted octanol–water partition coefficient (Wildman–Crippen LogP) is 5.48. The summed E-state index contributed by atoms with van der Waals surface area (Å²) in [7, 11) is 0. The van der Waals surface area contributed by atoms with Gasteiger partial charge in [0.05, 0.1) is 0 Å². The van der Waals surface area contributed by atoms with E-state index in [1.807, 2.05) is 20.8 Å². The van der Waals surface area contributed by atoms with E-state index in [0.29, 0.717) is 5.92 Å². The van der Waals surface area contributed by atoms with E-state index in [4.69, 9.17) is 0 Å². The van der Waals surface area contributed by atoms with Gasteiger partial charge in [-0.05, 0) is 41.0 Å². The number of thiophene rings is 1. The van der Waals surface area contributed by atoms with Crippen LogP contribution in [0.1, 0.15) is 45.1 Å². The minimum Gasteiger partial charge on any atom is -0.144 e. The third-order valence-corrected chi connectivity index (χ3v) is 3.10. The zero-order valence-corrected chi connectivity index (χ0v) is 11.4. The van der Waals surface area contributed by atoms with Gasteiger partial charge in [-0.3, -0.25) is 0 Å². The summed E-state index contributed by atoms with van der Waals surface area (Å²) in [5, 5.41) is 2.10. The van der Waals surface area contributed by atoms with Gasteiger partial charge < -0.3 is 0 Å². The largest absolute Gasteiger partial charge is 0.144 e. The van der Waals surface area contributed by atoms with E-state index in [2.05, 4.69) is 38.5 Å². The Hall–Kier alpha value is -0.820. The molecule has 1 aromatic rings.